The summed E-state index contributed by atoms with van der Waals surface area (Å²) >= 11 is 3.43. The van der Waals surface area contributed by atoms with Crippen molar-refractivity contribution in [3.8, 4) is 0 Å². The molecule has 18 heavy (non-hydrogen) atoms. The van der Waals surface area contributed by atoms with Crippen LogP contribution in [0.1, 0.15) is 12.5 Å². The first-order valence-corrected chi connectivity index (χ1v) is 7.19. The average Bonchev–Trinajstić information content (AvgIpc) is 2.65. The van der Waals surface area contributed by atoms with Crippen molar-refractivity contribution >= 4 is 21.6 Å². The van der Waals surface area contributed by atoms with Gasteiger partial charge >= 0.3 is 0 Å². The molecule has 1 aliphatic rings. The maximum absolute atomic E-state index is 5.92. The molecule has 1 aliphatic heterocycles. The highest BCUT2D eigenvalue weighted by Crippen LogP contribution is 2.24. The highest BCUT2D eigenvalue weighted by molar-refractivity contribution is 9.10. The number of nitrogens with zero attached hydrogens (tertiary/aromatic N) is 2. The van der Waals surface area contributed by atoms with Crippen molar-refractivity contribution in [1.29, 1.82) is 0 Å². The Morgan fingerprint density at radius 1 is 1.39 bits per heavy atom. The van der Waals surface area contributed by atoms with Crippen LogP contribution in [-0.4, -0.2) is 43.0 Å². The molecule has 1 fully saturated rings. The van der Waals surface area contributed by atoms with E-state index < -0.39 is 0 Å². The Labute approximate surface area is 118 Å². The van der Waals surface area contributed by atoms with Crippen LogP contribution in [0.3, 0.4) is 0 Å². The van der Waals surface area contributed by atoms with Crippen LogP contribution in [0, 0.1) is 5.92 Å². The number of halogens is 1. The van der Waals surface area contributed by atoms with Crippen molar-refractivity contribution in [3.63, 3.8) is 0 Å². The van der Waals surface area contributed by atoms with Crippen LogP contribution >= 0.6 is 15.9 Å². The predicted molar refractivity (Wildman–Crippen MR) is 80.5 cm³/mol. The molecular formula is C14H22BrN3. The SMILES string of the molecule is CC1CN(Cc2ccc(Br)c(N)c2)CC1N(C)C. The van der Waals surface area contributed by atoms with E-state index in [9.17, 15) is 0 Å². The van der Waals surface area contributed by atoms with E-state index in [1.807, 2.05) is 6.07 Å². The summed E-state index contributed by atoms with van der Waals surface area (Å²) in [5.74, 6) is 0.729. The van der Waals surface area contributed by atoms with Crippen LogP contribution in [0.25, 0.3) is 0 Å². The number of nitrogen functional groups attached to an aromatic ring is 1. The lowest BCUT2D eigenvalue weighted by Gasteiger charge is -2.22. The maximum Gasteiger partial charge on any atom is 0.0461 e. The highest BCUT2D eigenvalue weighted by Gasteiger charge is 2.30. The van der Waals surface area contributed by atoms with Crippen molar-refractivity contribution in [2.75, 3.05) is 32.9 Å². The zero-order chi connectivity index (χ0) is 13.3. The lowest BCUT2D eigenvalue weighted by Crippen LogP contribution is -2.34. The largest absolute Gasteiger partial charge is 0.398 e. The summed E-state index contributed by atoms with van der Waals surface area (Å²) in [5.41, 5.74) is 8.04. The highest BCUT2D eigenvalue weighted by atomic mass is 79.9. The summed E-state index contributed by atoms with van der Waals surface area (Å²) in [6, 6.07) is 6.91. The fourth-order valence-corrected chi connectivity index (χ4v) is 3.05. The lowest BCUT2D eigenvalue weighted by molar-refractivity contribution is 0.250. The van der Waals surface area contributed by atoms with E-state index in [1.165, 1.54) is 12.1 Å². The monoisotopic (exact) mass is 311 g/mol. The Bertz CT molecular complexity index is 420. The van der Waals surface area contributed by atoms with E-state index in [-0.39, 0.29) is 0 Å². The average molecular weight is 312 g/mol. The summed E-state index contributed by atoms with van der Waals surface area (Å²) in [6.07, 6.45) is 0. The Hall–Kier alpha value is -0.580. The Balaban J connectivity index is 2.00. The van der Waals surface area contributed by atoms with Gasteiger partial charge in [0.05, 0.1) is 0 Å². The third-order valence-electron chi connectivity index (χ3n) is 3.78. The van der Waals surface area contributed by atoms with E-state index >= 15 is 0 Å². The van der Waals surface area contributed by atoms with E-state index in [1.54, 1.807) is 0 Å². The third kappa shape index (κ3) is 3.05. The first kappa shape index (κ1) is 13.8. The zero-order valence-corrected chi connectivity index (χ0v) is 12.9. The molecule has 0 amide bonds. The Kier molecular flexibility index (Phi) is 4.30. The number of hydrogen-bond acceptors (Lipinski definition) is 3. The van der Waals surface area contributed by atoms with Crippen molar-refractivity contribution in [2.45, 2.75) is 19.5 Å². The van der Waals surface area contributed by atoms with Crippen molar-refractivity contribution < 1.29 is 0 Å². The molecule has 3 nitrogen and oxygen atoms in total. The molecule has 1 saturated heterocycles. The first-order valence-electron chi connectivity index (χ1n) is 6.40. The van der Waals surface area contributed by atoms with Gasteiger partial charge < -0.3 is 10.6 Å². The molecule has 2 rings (SSSR count). The van der Waals surface area contributed by atoms with Gasteiger partial charge in [-0.15, -0.1) is 0 Å². The second kappa shape index (κ2) is 5.59. The van der Waals surface area contributed by atoms with Crippen molar-refractivity contribution in [3.05, 3.63) is 28.2 Å². The number of hydrogen-bond donors (Lipinski definition) is 1. The molecule has 1 aromatic carbocycles. The Morgan fingerprint density at radius 3 is 2.67 bits per heavy atom. The van der Waals surface area contributed by atoms with Gasteiger partial charge in [-0.1, -0.05) is 13.0 Å². The molecule has 0 aromatic heterocycles. The number of anilines is 1. The number of rotatable bonds is 3. The van der Waals surface area contributed by atoms with Crippen LogP contribution in [-0.2, 0) is 6.54 Å². The van der Waals surface area contributed by atoms with Gasteiger partial charge in [0, 0.05) is 35.8 Å². The summed E-state index contributed by atoms with van der Waals surface area (Å²) in [5, 5.41) is 0. The van der Waals surface area contributed by atoms with Crippen molar-refractivity contribution in [1.82, 2.24) is 9.80 Å². The van der Waals surface area contributed by atoms with Crippen molar-refractivity contribution in [2.24, 2.45) is 5.92 Å². The van der Waals surface area contributed by atoms with Gasteiger partial charge in [-0.05, 0) is 53.6 Å². The minimum Gasteiger partial charge on any atom is -0.398 e. The number of benzene rings is 1. The molecule has 2 N–H and O–H groups in total. The van der Waals surface area contributed by atoms with Gasteiger partial charge in [0.15, 0.2) is 0 Å². The summed E-state index contributed by atoms with van der Waals surface area (Å²) in [7, 11) is 4.34. The van der Waals surface area contributed by atoms with Gasteiger partial charge in [0.2, 0.25) is 0 Å². The number of likely N-dealkylation sites (N-methyl/N-ethyl adjacent to an activating group) is 1. The summed E-state index contributed by atoms with van der Waals surface area (Å²) < 4.78 is 0.979. The molecule has 0 saturated carbocycles. The second-order valence-electron chi connectivity index (χ2n) is 5.56. The van der Waals surface area contributed by atoms with Crippen LogP contribution < -0.4 is 5.73 Å². The van der Waals surface area contributed by atoms with E-state index in [2.05, 4.69) is 58.9 Å². The minimum atomic E-state index is 0.665. The standard InChI is InChI=1S/C14H22BrN3/c1-10-7-18(9-14(10)17(2)3)8-11-4-5-12(15)13(16)6-11/h4-6,10,14H,7-9,16H2,1-3H3. The van der Waals surface area contributed by atoms with Crippen LogP contribution in [0.15, 0.2) is 22.7 Å². The van der Waals surface area contributed by atoms with Gasteiger partial charge in [0.25, 0.3) is 0 Å². The summed E-state index contributed by atoms with van der Waals surface area (Å²) in [4.78, 5) is 4.85. The third-order valence-corrected chi connectivity index (χ3v) is 4.50. The smallest absolute Gasteiger partial charge is 0.0461 e. The van der Waals surface area contributed by atoms with E-state index in [0.717, 1.165) is 29.2 Å². The summed E-state index contributed by atoms with van der Waals surface area (Å²) in [6.45, 7) is 5.63. The van der Waals surface area contributed by atoms with Crippen LogP contribution in [0.4, 0.5) is 5.69 Å². The molecule has 1 aromatic rings. The van der Waals surface area contributed by atoms with Gasteiger partial charge in [-0.2, -0.15) is 0 Å². The molecule has 0 bridgehead atoms. The van der Waals surface area contributed by atoms with Crippen LogP contribution in [0.2, 0.25) is 0 Å². The molecule has 2 atom stereocenters. The molecule has 0 spiro atoms. The molecule has 0 radical (unpaired) electrons. The van der Waals surface area contributed by atoms with Crippen LogP contribution in [0.5, 0.6) is 0 Å². The fraction of sp³-hybridized carbons (Fsp3) is 0.571. The first-order chi connectivity index (χ1) is 8.47. The molecule has 2 unspecified atom stereocenters. The molecule has 4 heteroatoms. The van der Waals surface area contributed by atoms with Gasteiger partial charge in [0.1, 0.15) is 0 Å². The second-order valence-corrected chi connectivity index (χ2v) is 6.41. The molecule has 0 aliphatic carbocycles. The predicted octanol–water partition coefficient (Wildman–Crippen LogP) is 2.41. The van der Waals surface area contributed by atoms with E-state index in [0.29, 0.717) is 6.04 Å². The van der Waals surface area contributed by atoms with E-state index in [4.69, 9.17) is 5.73 Å². The maximum atomic E-state index is 5.92. The minimum absolute atomic E-state index is 0.665. The molecule has 100 valence electrons. The number of likely N-dealkylation sites (tertiary alicyclic amines) is 1. The number of nitrogens with two attached hydrogens (primary N) is 1. The van der Waals surface area contributed by atoms with Gasteiger partial charge in [-0.25, -0.2) is 0 Å². The normalized spacial score (nSPS) is 24.9. The molecular weight excluding hydrogens is 290 g/mol. The van der Waals surface area contributed by atoms with Gasteiger partial charge in [-0.3, -0.25) is 4.90 Å². The molecule has 1 heterocycles. The fourth-order valence-electron chi connectivity index (χ4n) is 2.80. The lowest BCUT2D eigenvalue weighted by atomic mass is 10.1. The topological polar surface area (TPSA) is 32.5 Å². The Morgan fingerprint density at radius 2 is 2.11 bits per heavy atom. The zero-order valence-electron chi connectivity index (χ0n) is 11.4. The quantitative estimate of drug-likeness (QED) is 0.870.